The first-order valence-corrected chi connectivity index (χ1v) is 8.68. The van der Waals surface area contributed by atoms with E-state index in [1.165, 1.54) is 14.2 Å². The van der Waals surface area contributed by atoms with Crippen LogP contribution in [0.4, 0.5) is 0 Å². The van der Waals surface area contributed by atoms with E-state index in [2.05, 4.69) is 9.97 Å². The molecule has 0 radical (unpaired) electrons. The van der Waals surface area contributed by atoms with Crippen molar-refractivity contribution >= 4 is 23.1 Å². The molecule has 152 valence electrons. The molecule has 0 aliphatic heterocycles. The molecule has 2 aromatic carbocycles. The van der Waals surface area contributed by atoms with E-state index in [0.29, 0.717) is 45.5 Å². The van der Waals surface area contributed by atoms with E-state index in [-0.39, 0.29) is 5.56 Å². The molecule has 0 amide bonds. The third kappa shape index (κ3) is 3.96. The lowest BCUT2D eigenvalue weighted by molar-refractivity contribution is 0.324. The van der Waals surface area contributed by atoms with Gasteiger partial charge in [-0.15, -0.1) is 0 Å². The second-order valence-corrected chi connectivity index (χ2v) is 5.97. The van der Waals surface area contributed by atoms with E-state index in [1.807, 2.05) is 0 Å². The summed E-state index contributed by atoms with van der Waals surface area (Å²) in [6.45, 7) is 0. The summed E-state index contributed by atoms with van der Waals surface area (Å²) in [7, 11) is 7.69. The molecule has 0 unspecified atom stereocenters. The van der Waals surface area contributed by atoms with Gasteiger partial charge in [0, 0.05) is 6.07 Å². The molecule has 0 aliphatic carbocycles. The van der Waals surface area contributed by atoms with Gasteiger partial charge in [0.15, 0.2) is 23.0 Å². The quantitative estimate of drug-likeness (QED) is 0.654. The zero-order chi connectivity index (χ0) is 21.0. The highest BCUT2D eigenvalue weighted by atomic mass is 16.5. The molecular weight excluding hydrogens is 376 g/mol. The van der Waals surface area contributed by atoms with Crippen LogP contribution in [0.5, 0.6) is 28.7 Å². The number of nitrogens with one attached hydrogen (secondary N) is 1. The van der Waals surface area contributed by atoms with Gasteiger partial charge in [-0.1, -0.05) is 6.08 Å². The molecule has 8 nitrogen and oxygen atoms in total. The normalized spacial score (nSPS) is 10.9. The SMILES string of the molecule is COc1cc2nc(/C=C/c3cc(OC)c(OC)c(OC)c3)[nH]c(=O)c2cc1OC. The number of hydrogen-bond donors (Lipinski definition) is 1. The maximum atomic E-state index is 12.5. The smallest absolute Gasteiger partial charge is 0.259 e. The summed E-state index contributed by atoms with van der Waals surface area (Å²) >= 11 is 0. The average molecular weight is 398 g/mol. The molecule has 0 saturated heterocycles. The minimum absolute atomic E-state index is 0.277. The van der Waals surface area contributed by atoms with Crippen LogP contribution in [0.1, 0.15) is 11.4 Å². The molecule has 0 bridgehead atoms. The Balaban J connectivity index is 2.04. The van der Waals surface area contributed by atoms with Crippen LogP contribution in [0.3, 0.4) is 0 Å². The number of aromatic amines is 1. The van der Waals surface area contributed by atoms with Crippen LogP contribution in [0, 0.1) is 0 Å². The molecule has 1 N–H and O–H groups in total. The summed E-state index contributed by atoms with van der Waals surface area (Å²) in [5.41, 5.74) is 1.01. The molecule has 0 fully saturated rings. The molecule has 3 rings (SSSR count). The molecule has 1 aromatic heterocycles. The molecule has 3 aromatic rings. The highest BCUT2D eigenvalue weighted by molar-refractivity contribution is 5.83. The van der Waals surface area contributed by atoms with E-state index < -0.39 is 0 Å². The Morgan fingerprint density at radius 2 is 1.34 bits per heavy atom. The van der Waals surface area contributed by atoms with Gasteiger partial charge in [0.25, 0.3) is 5.56 Å². The Morgan fingerprint density at radius 1 is 0.759 bits per heavy atom. The van der Waals surface area contributed by atoms with Crippen LogP contribution in [0.25, 0.3) is 23.1 Å². The van der Waals surface area contributed by atoms with Crippen LogP contribution >= 0.6 is 0 Å². The number of hydrogen-bond acceptors (Lipinski definition) is 7. The first-order chi connectivity index (χ1) is 14.0. The highest BCUT2D eigenvalue weighted by Crippen LogP contribution is 2.38. The fourth-order valence-corrected chi connectivity index (χ4v) is 2.94. The van der Waals surface area contributed by atoms with Crippen molar-refractivity contribution < 1.29 is 23.7 Å². The number of rotatable bonds is 7. The minimum atomic E-state index is -0.277. The summed E-state index contributed by atoms with van der Waals surface area (Å²) in [6, 6.07) is 6.86. The largest absolute Gasteiger partial charge is 0.493 e. The van der Waals surface area contributed by atoms with E-state index in [1.54, 1.807) is 57.7 Å². The second kappa shape index (κ2) is 8.55. The van der Waals surface area contributed by atoms with Crippen LogP contribution in [0.15, 0.2) is 29.1 Å². The van der Waals surface area contributed by atoms with Crippen molar-refractivity contribution in [2.24, 2.45) is 0 Å². The van der Waals surface area contributed by atoms with E-state index in [0.717, 1.165) is 5.56 Å². The van der Waals surface area contributed by atoms with Gasteiger partial charge in [0.2, 0.25) is 5.75 Å². The van der Waals surface area contributed by atoms with Crippen molar-refractivity contribution in [2.75, 3.05) is 35.5 Å². The molecule has 8 heteroatoms. The monoisotopic (exact) mass is 398 g/mol. The Bertz CT molecular complexity index is 1100. The second-order valence-electron chi connectivity index (χ2n) is 5.97. The van der Waals surface area contributed by atoms with Gasteiger partial charge in [0.1, 0.15) is 5.82 Å². The summed E-state index contributed by atoms with van der Waals surface area (Å²) in [5, 5.41) is 0.410. The van der Waals surface area contributed by atoms with E-state index in [4.69, 9.17) is 23.7 Å². The van der Waals surface area contributed by atoms with Crippen molar-refractivity contribution in [2.45, 2.75) is 0 Å². The van der Waals surface area contributed by atoms with Gasteiger partial charge < -0.3 is 28.7 Å². The third-order valence-corrected chi connectivity index (χ3v) is 4.35. The van der Waals surface area contributed by atoms with Crippen LogP contribution in [-0.2, 0) is 0 Å². The maximum absolute atomic E-state index is 12.5. The Morgan fingerprint density at radius 3 is 1.90 bits per heavy atom. The van der Waals surface area contributed by atoms with Crippen molar-refractivity contribution in [1.29, 1.82) is 0 Å². The zero-order valence-corrected chi connectivity index (χ0v) is 16.9. The van der Waals surface area contributed by atoms with Gasteiger partial charge in [-0.3, -0.25) is 4.79 Å². The fraction of sp³-hybridized carbons (Fsp3) is 0.238. The lowest BCUT2D eigenvalue weighted by Gasteiger charge is -2.12. The molecule has 0 atom stereocenters. The predicted molar refractivity (Wildman–Crippen MR) is 110 cm³/mol. The number of aromatic nitrogens is 2. The Hall–Kier alpha value is -3.68. The van der Waals surface area contributed by atoms with Gasteiger partial charge in [-0.2, -0.15) is 0 Å². The first-order valence-electron chi connectivity index (χ1n) is 8.68. The number of fused-ring (bicyclic) bond motifs is 1. The van der Waals surface area contributed by atoms with Gasteiger partial charge >= 0.3 is 0 Å². The van der Waals surface area contributed by atoms with Crippen LogP contribution < -0.4 is 29.2 Å². The average Bonchev–Trinajstić information content (AvgIpc) is 2.75. The first kappa shape index (κ1) is 20.1. The number of methoxy groups -OCH3 is 5. The number of nitrogens with zero attached hydrogens (tertiary/aromatic N) is 1. The van der Waals surface area contributed by atoms with Gasteiger partial charge in [-0.05, 0) is 29.8 Å². The Labute approximate surface area is 167 Å². The van der Waals surface area contributed by atoms with Gasteiger partial charge in [-0.25, -0.2) is 4.98 Å². The third-order valence-electron chi connectivity index (χ3n) is 4.35. The molecule has 0 aliphatic rings. The van der Waals surface area contributed by atoms with Crippen LogP contribution in [0.2, 0.25) is 0 Å². The van der Waals surface area contributed by atoms with Crippen LogP contribution in [-0.4, -0.2) is 45.5 Å². The topological polar surface area (TPSA) is 91.9 Å². The zero-order valence-electron chi connectivity index (χ0n) is 16.9. The van der Waals surface area contributed by atoms with Crippen molar-refractivity contribution in [3.05, 3.63) is 46.0 Å². The molecule has 1 heterocycles. The molecular formula is C21H22N2O6. The standard InChI is InChI=1S/C21H22N2O6/c1-25-15-10-13-14(11-16(15)26-2)22-19(23-21(13)24)7-6-12-8-17(27-3)20(29-5)18(9-12)28-4/h6-11H,1-5H3,(H,22,23,24)/b7-6+. The van der Waals surface area contributed by atoms with Gasteiger partial charge in [0.05, 0.1) is 46.5 Å². The fourth-order valence-electron chi connectivity index (χ4n) is 2.94. The van der Waals surface area contributed by atoms with E-state index in [9.17, 15) is 4.79 Å². The summed E-state index contributed by atoms with van der Waals surface area (Å²) in [4.78, 5) is 19.7. The molecule has 0 spiro atoms. The minimum Gasteiger partial charge on any atom is -0.493 e. The van der Waals surface area contributed by atoms with Crippen molar-refractivity contribution in [3.63, 3.8) is 0 Å². The lowest BCUT2D eigenvalue weighted by Crippen LogP contribution is -2.10. The number of H-pyrrole nitrogens is 1. The number of ether oxygens (including phenoxy) is 5. The van der Waals surface area contributed by atoms with Crippen molar-refractivity contribution in [1.82, 2.24) is 9.97 Å². The van der Waals surface area contributed by atoms with E-state index >= 15 is 0 Å². The Kier molecular flexibility index (Phi) is 5.92. The predicted octanol–water partition coefficient (Wildman–Crippen LogP) is 3.14. The summed E-state index contributed by atoms with van der Waals surface area (Å²) in [6.07, 6.45) is 3.48. The maximum Gasteiger partial charge on any atom is 0.259 e. The molecule has 29 heavy (non-hydrogen) atoms. The number of benzene rings is 2. The molecule has 0 saturated carbocycles. The summed E-state index contributed by atoms with van der Waals surface area (Å²) in [5.74, 6) is 2.92. The highest BCUT2D eigenvalue weighted by Gasteiger charge is 2.13. The lowest BCUT2D eigenvalue weighted by atomic mass is 10.1. The van der Waals surface area contributed by atoms with Crippen molar-refractivity contribution in [3.8, 4) is 28.7 Å². The summed E-state index contributed by atoms with van der Waals surface area (Å²) < 4.78 is 26.6.